The van der Waals surface area contributed by atoms with E-state index in [1.807, 2.05) is 0 Å². The SMILES string of the molecule is C[Si](C)(C)OC(CCC[SiH3])=C(O[Si](C)(C)C)O[Si](C)(C)C. The van der Waals surface area contributed by atoms with Crippen molar-refractivity contribution >= 4 is 35.2 Å². The van der Waals surface area contributed by atoms with Gasteiger partial charge in [-0.25, -0.2) is 0 Å². The fourth-order valence-electron chi connectivity index (χ4n) is 1.59. The van der Waals surface area contributed by atoms with Crippen molar-refractivity contribution in [3.8, 4) is 0 Å². The van der Waals surface area contributed by atoms with Gasteiger partial charge in [0.1, 0.15) is 0 Å². The zero-order chi connectivity index (χ0) is 16.9. The van der Waals surface area contributed by atoms with Crippen LogP contribution >= 0.6 is 0 Å². The molecule has 0 aromatic rings. The molecule has 0 aliphatic heterocycles. The predicted octanol–water partition coefficient (Wildman–Crippen LogP) is 4.27. The maximum atomic E-state index is 6.32. The van der Waals surface area contributed by atoms with Crippen LogP contribution in [0.15, 0.2) is 11.7 Å². The lowest BCUT2D eigenvalue weighted by molar-refractivity contribution is 0.180. The maximum Gasteiger partial charge on any atom is 0.289 e. The highest BCUT2D eigenvalue weighted by atomic mass is 28.4. The summed E-state index contributed by atoms with van der Waals surface area (Å²) in [7, 11) is -3.85. The minimum absolute atomic E-state index is 0.700. The molecule has 0 amide bonds. The smallest absolute Gasteiger partial charge is 0.289 e. The summed E-state index contributed by atoms with van der Waals surface area (Å²) < 4.78 is 18.8. The van der Waals surface area contributed by atoms with Crippen LogP contribution in [0.2, 0.25) is 65.0 Å². The van der Waals surface area contributed by atoms with E-state index in [4.69, 9.17) is 13.3 Å². The molecule has 0 rings (SSSR count). The highest BCUT2D eigenvalue weighted by Crippen LogP contribution is 2.26. The van der Waals surface area contributed by atoms with E-state index in [2.05, 4.69) is 58.9 Å². The van der Waals surface area contributed by atoms with Gasteiger partial charge in [-0.15, -0.1) is 0 Å². The van der Waals surface area contributed by atoms with Gasteiger partial charge in [-0.2, -0.15) is 0 Å². The maximum absolute atomic E-state index is 6.32. The number of allylic oxidation sites excluding steroid dienone is 1. The average molecular weight is 365 g/mol. The van der Waals surface area contributed by atoms with Gasteiger partial charge in [0.15, 0.2) is 5.76 Å². The highest BCUT2D eigenvalue weighted by molar-refractivity contribution is 6.71. The first-order chi connectivity index (χ1) is 9.23. The molecule has 0 bridgehead atoms. The first-order valence-corrected chi connectivity index (χ1v) is 19.7. The summed E-state index contributed by atoms with van der Waals surface area (Å²) in [5.41, 5.74) is 0. The second-order valence-electron chi connectivity index (χ2n) is 8.46. The van der Waals surface area contributed by atoms with Crippen molar-refractivity contribution in [3.05, 3.63) is 11.7 Å². The molecule has 0 saturated heterocycles. The second kappa shape index (κ2) is 8.03. The third kappa shape index (κ3) is 12.3. The molecule has 0 saturated carbocycles. The average Bonchev–Trinajstić information content (AvgIpc) is 2.17. The van der Waals surface area contributed by atoms with E-state index in [1.165, 1.54) is 22.7 Å². The van der Waals surface area contributed by atoms with Gasteiger partial charge < -0.3 is 13.3 Å². The lowest BCUT2D eigenvalue weighted by Gasteiger charge is -2.31. The van der Waals surface area contributed by atoms with Gasteiger partial charge in [0.25, 0.3) is 5.95 Å². The predicted molar refractivity (Wildman–Crippen MR) is 104 cm³/mol. The van der Waals surface area contributed by atoms with E-state index < -0.39 is 25.0 Å². The quantitative estimate of drug-likeness (QED) is 0.451. The van der Waals surface area contributed by atoms with Crippen LogP contribution in [-0.4, -0.2) is 35.2 Å². The summed E-state index contributed by atoms with van der Waals surface area (Å²) in [6, 6.07) is 1.28. The van der Waals surface area contributed by atoms with Crippen molar-refractivity contribution in [2.75, 3.05) is 0 Å². The standard InChI is InChI=1S/C14H36O3Si4/c1-19(2,3)15-13(11-10-12-18)14(16-20(4,5)6)17-21(7,8)9/h10-12H2,1-9,18H3. The van der Waals surface area contributed by atoms with Gasteiger partial charge in [0.2, 0.25) is 25.0 Å². The summed E-state index contributed by atoms with van der Waals surface area (Å²) in [6.07, 6.45) is 2.11. The van der Waals surface area contributed by atoms with Crippen LogP contribution in [0.5, 0.6) is 0 Å². The van der Waals surface area contributed by atoms with E-state index in [0.717, 1.165) is 12.2 Å². The van der Waals surface area contributed by atoms with Gasteiger partial charge in [0.05, 0.1) is 0 Å². The first-order valence-electron chi connectivity index (χ1n) is 8.04. The van der Waals surface area contributed by atoms with Crippen LogP contribution in [0.3, 0.4) is 0 Å². The second-order valence-corrected chi connectivity index (χ2v) is 22.7. The Kier molecular flexibility index (Phi) is 8.03. The third-order valence-corrected chi connectivity index (χ3v) is 5.37. The van der Waals surface area contributed by atoms with E-state index >= 15 is 0 Å². The molecule has 126 valence electrons. The monoisotopic (exact) mass is 364 g/mol. The summed E-state index contributed by atoms with van der Waals surface area (Å²) in [5, 5.41) is 0. The first kappa shape index (κ1) is 21.0. The molecule has 21 heavy (non-hydrogen) atoms. The molecule has 7 heteroatoms. The number of hydrogen-bond donors (Lipinski definition) is 0. The van der Waals surface area contributed by atoms with Gasteiger partial charge >= 0.3 is 0 Å². The van der Waals surface area contributed by atoms with Gasteiger partial charge in [-0.3, -0.25) is 0 Å². The Morgan fingerprint density at radius 3 is 1.38 bits per heavy atom. The van der Waals surface area contributed by atoms with Crippen LogP contribution in [0.25, 0.3) is 0 Å². The number of hydrogen-bond acceptors (Lipinski definition) is 3. The lowest BCUT2D eigenvalue weighted by atomic mass is 10.3. The minimum atomic E-state index is -1.71. The molecule has 0 radical (unpaired) electrons. The molecular weight excluding hydrogens is 328 g/mol. The van der Waals surface area contributed by atoms with E-state index in [-0.39, 0.29) is 0 Å². The molecule has 0 unspecified atom stereocenters. The Balaban J connectivity index is 5.52. The van der Waals surface area contributed by atoms with Crippen molar-refractivity contribution in [2.45, 2.75) is 77.8 Å². The highest BCUT2D eigenvalue weighted by Gasteiger charge is 2.29. The molecule has 0 aromatic heterocycles. The number of rotatable bonds is 9. The molecule has 3 nitrogen and oxygen atoms in total. The zero-order valence-corrected chi connectivity index (χ0v) is 20.8. The molecular formula is C14H36O3Si4. The molecule has 0 aliphatic rings. The third-order valence-electron chi connectivity index (χ3n) is 2.21. The Labute approximate surface area is 138 Å². The van der Waals surface area contributed by atoms with Crippen molar-refractivity contribution < 1.29 is 13.3 Å². The molecule has 0 spiro atoms. The normalized spacial score (nSPS) is 13.0. The lowest BCUT2D eigenvalue weighted by Crippen LogP contribution is -2.34. The summed E-state index contributed by atoms with van der Waals surface area (Å²) in [4.78, 5) is 0. The van der Waals surface area contributed by atoms with Crippen molar-refractivity contribution in [1.82, 2.24) is 0 Å². The Morgan fingerprint density at radius 2 is 1.10 bits per heavy atom. The van der Waals surface area contributed by atoms with Crippen LogP contribution in [0.1, 0.15) is 12.8 Å². The van der Waals surface area contributed by atoms with Crippen molar-refractivity contribution in [3.63, 3.8) is 0 Å². The molecule has 0 aliphatic carbocycles. The topological polar surface area (TPSA) is 27.7 Å². The van der Waals surface area contributed by atoms with Crippen molar-refractivity contribution in [2.24, 2.45) is 0 Å². The van der Waals surface area contributed by atoms with Gasteiger partial charge in [0, 0.05) is 16.7 Å². The summed E-state index contributed by atoms with van der Waals surface area (Å²) >= 11 is 0. The van der Waals surface area contributed by atoms with Crippen LogP contribution in [-0.2, 0) is 13.3 Å². The minimum Gasteiger partial charge on any atom is -0.542 e. The van der Waals surface area contributed by atoms with Crippen molar-refractivity contribution in [1.29, 1.82) is 0 Å². The largest absolute Gasteiger partial charge is 0.542 e. The Bertz CT molecular complexity index is 331. The van der Waals surface area contributed by atoms with E-state index in [1.54, 1.807) is 0 Å². The molecule has 0 atom stereocenters. The molecule has 0 fully saturated rings. The molecule has 0 heterocycles. The Hall–Kier alpha value is 0.00753. The van der Waals surface area contributed by atoms with Gasteiger partial charge in [-0.1, -0.05) is 6.04 Å². The fraction of sp³-hybridized carbons (Fsp3) is 0.857. The fourth-order valence-corrected chi connectivity index (χ4v) is 4.38. The molecule has 0 aromatic carbocycles. The Morgan fingerprint density at radius 1 is 0.714 bits per heavy atom. The van der Waals surface area contributed by atoms with Crippen LogP contribution < -0.4 is 0 Å². The van der Waals surface area contributed by atoms with E-state index in [0.29, 0.717) is 5.95 Å². The van der Waals surface area contributed by atoms with Gasteiger partial charge in [-0.05, 0) is 65.3 Å². The van der Waals surface area contributed by atoms with Crippen LogP contribution in [0, 0.1) is 0 Å². The molecule has 0 N–H and O–H groups in total. The van der Waals surface area contributed by atoms with Crippen LogP contribution in [0.4, 0.5) is 0 Å². The van der Waals surface area contributed by atoms with E-state index in [9.17, 15) is 0 Å². The zero-order valence-electron chi connectivity index (χ0n) is 15.8. The summed E-state index contributed by atoms with van der Waals surface area (Å²) in [5.74, 6) is 1.67. The summed E-state index contributed by atoms with van der Waals surface area (Å²) in [6.45, 7) is 19.8.